The van der Waals surface area contributed by atoms with Gasteiger partial charge in [0, 0.05) is 25.7 Å². The van der Waals surface area contributed by atoms with Crippen molar-refractivity contribution in [2.24, 2.45) is 0 Å². The molecule has 0 unspecified atom stereocenters. The van der Waals surface area contributed by atoms with Crippen LogP contribution in [0, 0.1) is 0 Å². The van der Waals surface area contributed by atoms with E-state index in [0.29, 0.717) is 0 Å². The van der Waals surface area contributed by atoms with Gasteiger partial charge in [-0.1, -0.05) is 0 Å². The molecule has 3 fully saturated rings. The molecule has 0 radical (unpaired) electrons. The largest absolute Gasteiger partial charge is 0.392 e. The summed E-state index contributed by atoms with van der Waals surface area (Å²) in [5.74, 6) is 0. The fourth-order valence-electron chi connectivity index (χ4n) is 2.91. The smallest absolute Gasteiger partial charge is 0.0679 e. The van der Waals surface area contributed by atoms with E-state index in [-0.39, 0.29) is 12.2 Å². The van der Waals surface area contributed by atoms with Crippen molar-refractivity contribution in [2.45, 2.75) is 43.9 Å². The SMILES string of the molecule is O[C@H]1CCN(C2CCNCC2)C1.O[C@H]1CCNC1. The molecule has 3 rings (SSSR count). The van der Waals surface area contributed by atoms with Crippen LogP contribution in [0.4, 0.5) is 0 Å². The van der Waals surface area contributed by atoms with Crippen molar-refractivity contribution >= 4 is 0 Å². The highest BCUT2D eigenvalue weighted by molar-refractivity contribution is 4.83. The van der Waals surface area contributed by atoms with Gasteiger partial charge in [0.05, 0.1) is 12.2 Å². The van der Waals surface area contributed by atoms with Gasteiger partial charge in [0.2, 0.25) is 0 Å². The zero-order valence-corrected chi connectivity index (χ0v) is 11.1. The van der Waals surface area contributed by atoms with Crippen molar-refractivity contribution in [2.75, 3.05) is 39.3 Å². The van der Waals surface area contributed by atoms with Gasteiger partial charge in [-0.3, -0.25) is 4.90 Å². The van der Waals surface area contributed by atoms with E-state index >= 15 is 0 Å². The lowest BCUT2D eigenvalue weighted by Crippen LogP contribution is -2.42. The van der Waals surface area contributed by atoms with Gasteiger partial charge in [-0.15, -0.1) is 0 Å². The number of hydrogen-bond donors (Lipinski definition) is 4. The van der Waals surface area contributed by atoms with Crippen LogP contribution in [0.25, 0.3) is 0 Å². The summed E-state index contributed by atoms with van der Waals surface area (Å²) in [4.78, 5) is 2.45. The van der Waals surface area contributed by atoms with Crippen molar-refractivity contribution in [1.82, 2.24) is 15.5 Å². The molecule has 0 spiro atoms. The number of likely N-dealkylation sites (tertiary alicyclic amines) is 1. The lowest BCUT2D eigenvalue weighted by Gasteiger charge is -2.31. The first-order valence-electron chi connectivity index (χ1n) is 7.27. The predicted molar refractivity (Wildman–Crippen MR) is 71.6 cm³/mol. The number of nitrogens with one attached hydrogen (secondary N) is 2. The summed E-state index contributed by atoms with van der Waals surface area (Å²) in [6.45, 7) is 6.09. The molecule has 5 nitrogen and oxygen atoms in total. The minimum atomic E-state index is -0.0648. The molecule has 5 heteroatoms. The second-order valence-electron chi connectivity index (χ2n) is 5.57. The van der Waals surface area contributed by atoms with Gasteiger partial charge in [-0.25, -0.2) is 0 Å². The lowest BCUT2D eigenvalue weighted by molar-refractivity contribution is 0.145. The van der Waals surface area contributed by atoms with Crippen LogP contribution in [-0.4, -0.2) is 72.6 Å². The highest BCUT2D eigenvalue weighted by Crippen LogP contribution is 2.18. The highest BCUT2D eigenvalue weighted by atomic mass is 16.3. The van der Waals surface area contributed by atoms with Crippen LogP contribution in [0.2, 0.25) is 0 Å². The first-order chi connectivity index (χ1) is 8.75. The minimum Gasteiger partial charge on any atom is -0.392 e. The van der Waals surface area contributed by atoms with Crippen LogP contribution in [0.5, 0.6) is 0 Å². The first kappa shape index (κ1) is 14.2. The maximum absolute atomic E-state index is 9.37. The summed E-state index contributed by atoms with van der Waals surface area (Å²) in [5.41, 5.74) is 0. The Hall–Kier alpha value is -0.200. The number of nitrogens with zero attached hydrogens (tertiary/aromatic N) is 1. The number of aliphatic hydroxyl groups is 2. The average Bonchev–Trinajstić information content (AvgIpc) is 3.03. The Bertz CT molecular complexity index is 226. The Kier molecular flexibility index (Phi) is 5.85. The van der Waals surface area contributed by atoms with Crippen LogP contribution >= 0.6 is 0 Å². The van der Waals surface area contributed by atoms with Gasteiger partial charge >= 0.3 is 0 Å². The normalized spacial score (nSPS) is 34.3. The van der Waals surface area contributed by atoms with Gasteiger partial charge in [-0.05, 0) is 45.3 Å². The van der Waals surface area contributed by atoms with Crippen molar-refractivity contribution < 1.29 is 10.2 Å². The van der Waals surface area contributed by atoms with Crippen molar-refractivity contribution in [3.63, 3.8) is 0 Å². The summed E-state index contributed by atoms with van der Waals surface area (Å²) in [5, 5.41) is 24.4. The van der Waals surface area contributed by atoms with E-state index in [0.717, 1.165) is 58.2 Å². The zero-order chi connectivity index (χ0) is 12.8. The number of rotatable bonds is 1. The number of piperidine rings is 1. The number of β-amino-alcohol motifs (C(OH)–C–C–N with tert-alkyl or cyclic N) is 2. The van der Waals surface area contributed by atoms with Gasteiger partial charge in [0.15, 0.2) is 0 Å². The standard InChI is InChI=1S/C9H18N2O.C4H9NO/c12-9-3-6-11(7-9)8-1-4-10-5-2-8;6-4-1-2-5-3-4/h8-10,12H,1-7H2;4-6H,1-3H2/t9-;4-/m00/s1. The van der Waals surface area contributed by atoms with Crippen LogP contribution < -0.4 is 10.6 Å². The molecule has 18 heavy (non-hydrogen) atoms. The molecular formula is C13H27N3O2. The molecule has 4 N–H and O–H groups in total. The Morgan fingerprint density at radius 1 is 0.833 bits per heavy atom. The Morgan fingerprint density at radius 3 is 2.00 bits per heavy atom. The topological polar surface area (TPSA) is 67.8 Å². The maximum Gasteiger partial charge on any atom is 0.0679 e. The molecule has 0 aliphatic carbocycles. The van der Waals surface area contributed by atoms with Crippen molar-refractivity contribution in [3.05, 3.63) is 0 Å². The van der Waals surface area contributed by atoms with E-state index in [4.69, 9.17) is 5.11 Å². The molecule has 0 aromatic carbocycles. The quantitative estimate of drug-likeness (QED) is 0.492. The first-order valence-corrected chi connectivity index (χ1v) is 7.27. The van der Waals surface area contributed by atoms with Crippen LogP contribution in [0.15, 0.2) is 0 Å². The Morgan fingerprint density at radius 2 is 1.56 bits per heavy atom. The summed E-state index contributed by atoms with van der Waals surface area (Å²) in [6, 6.07) is 0.739. The third kappa shape index (κ3) is 4.48. The van der Waals surface area contributed by atoms with E-state index in [1.807, 2.05) is 0 Å². The fraction of sp³-hybridized carbons (Fsp3) is 1.00. The van der Waals surface area contributed by atoms with E-state index in [1.165, 1.54) is 12.8 Å². The molecule has 2 atom stereocenters. The molecule has 3 aliphatic rings. The van der Waals surface area contributed by atoms with Gasteiger partial charge < -0.3 is 20.8 Å². The predicted octanol–water partition coefficient (Wildman–Crippen LogP) is -0.854. The van der Waals surface area contributed by atoms with E-state index in [2.05, 4.69) is 15.5 Å². The molecule has 0 saturated carbocycles. The summed E-state index contributed by atoms with van der Waals surface area (Å²) < 4.78 is 0. The van der Waals surface area contributed by atoms with E-state index < -0.39 is 0 Å². The molecule has 3 saturated heterocycles. The lowest BCUT2D eigenvalue weighted by atomic mass is 10.1. The zero-order valence-electron chi connectivity index (χ0n) is 11.1. The Labute approximate surface area is 110 Å². The average molecular weight is 257 g/mol. The van der Waals surface area contributed by atoms with Crippen LogP contribution in [0.3, 0.4) is 0 Å². The number of aliphatic hydroxyl groups excluding tert-OH is 2. The molecule has 106 valence electrons. The molecule has 0 bridgehead atoms. The molecule has 0 aromatic heterocycles. The van der Waals surface area contributed by atoms with E-state index in [9.17, 15) is 5.11 Å². The summed E-state index contributed by atoms with van der Waals surface area (Å²) in [7, 11) is 0. The molecule has 0 aromatic rings. The Balaban J connectivity index is 0.000000169. The maximum atomic E-state index is 9.37. The van der Waals surface area contributed by atoms with E-state index in [1.54, 1.807) is 0 Å². The van der Waals surface area contributed by atoms with Crippen LogP contribution in [-0.2, 0) is 0 Å². The fourth-order valence-corrected chi connectivity index (χ4v) is 2.91. The second-order valence-corrected chi connectivity index (χ2v) is 5.57. The summed E-state index contributed by atoms with van der Waals surface area (Å²) >= 11 is 0. The minimum absolute atomic E-state index is 0.0557. The van der Waals surface area contributed by atoms with Gasteiger partial charge in [-0.2, -0.15) is 0 Å². The number of hydrogen-bond acceptors (Lipinski definition) is 5. The van der Waals surface area contributed by atoms with Crippen molar-refractivity contribution in [1.29, 1.82) is 0 Å². The highest BCUT2D eigenvalue weighted by Gasteiger charge is 2.27. The van der Waals surface area contributed by atoms with Gasteiger partial charge in [0.25, 0.3) is 0 Å². The molecule has 3 heterocycles. The second kappa shape index (κ2) is 7.40. The van der Waals surface area contributed by atoms with Gasteiger partial charge in [0.1, 0.15) is 0 Å². The molecule has 0 amide bonds. The van der Waals surface area contributed by atoms with Crippen LogP contribution in [0.1, 0.15) is 25.7 Å². The van der Waals surface area contributed by atoms with Crippen molar-refractivity contribution in [3.8, 4) is 0 Å². The third-order valence-electron chi connectivity index (χ3n) is 4.05. The third-order valence-corrected chi connectivity index (χ3v) is 4.05. The molecule has 3 aliphatic heterocycles. The monoisotopic (exact) mass is 257 g/mol. The summed E-state index contributed by atoms with van der Waals surface area (Å²) in [6.07, 6.45) is 4.30. The molecular weight excluding hydrogens is 230 g/mol.